The molecular formula is C27H35F3O. The van der Waals surface area contributed by atoms with Gasteiger partial charge in [-0.05, 0) is 54.9 Å². The summed E-state index contributed by atoms with van der Waals surface area (Å²) in [5, 5.41) is 0. The molecule has 1 nitrogen and oxygen atoms in total. The van der Waals surface area contributed by atoms with E-state index >= 15 is 0 Å². The number of halogens is 3. The van der Waals surface area contributed by atoms with Gasteiger partial charge in [0.25, 0.3) is 0 Å². The summed E-state index contributed by atoms with van der Waals surface area (Å²) >= 11 is 0. The molecule has 2 aromatic carbocycles. The molecule has 1 saturated heterocycles. The predicted molar refractivity (Wildman–Crippen MR) is 121 cm³/mol. The van der Waals surface area contributed by atoms with Crippen LogP contribution in [-0.2, 0) is 11.2 Å². The zero-order valence-electron chi connectivity index (χ0n) is 18.9. The van der Waals surface area contributed by atoms with E-state index in [0.29, 0.717) is 29.7 Å². The summed E-state index contributed by atoms with van der Waals surface area (Å²) < 4.78 is 50.0. The van der Waals surface area contributed by atoms with Crippen molar-refractivity contribution in [3.05, 3.63) is 58.9 Å². The number of ether oxygens (including phenoxy) is 1. The minimum atomic E-state index is -0.896. The number of hydrogen-bond donors (Lipinski definition) is 0. The molecule has 3 rings (SSSR count). The zero-order chi connectivity index (χ0) is 22.2. The van der Waals surface area contributed by atoms with Gasteiger partial charge in [0.1, 0.15) is 5.82 Å². The van der Waals surface area contributed by atoms with Crippen LogP contribution in [0.25, 0.3) is 11.1 Å². The highest BCUT2D eigenvalue weighted by atomic mass is 19.2. The van der Waals surface area contributed by atoms with E-state index in [1.165, 1.54) is 31.7 Å². The van der Waals surface area contributed by atoms with E-state index in [1.54, 1.807) is 24.3 Å². The SMILES string of the molecule is CCCCCCC1CCC(c2ccc(-c3ccc(CCCC)c(F)c3F)cc2F)CO1. The lowest BCUT2D eigenvalue weighted by atomic mass is 9.88. The van der Waals surface area contributed by atoms with Crippen LogP contribution < -0.4 is 0 Å². The van der Waals surface area contributed by atoms with E-state index in [-0.39, 0.29) is 23.4 Å². The Morgan fingerprint density at radius 2 is 1.68 bits per heavy atom. The van der Waals surface area contributed by atoms with Crippen LogP contribution in [-0.4, -0.2) is 12.7 Å². The smallest absolute Gasteiger partial charge is 0.166 e. The van der Waals surface area contributed by atoms with E-state index in [4.69, 9.17) is 4.74 Å². The van der Waals surface area contributed by atoms with Crippen molar-refractivity contribution in [1.29, 1.82) is 0 Å². The molecule has 1 heterocycles. The summed E-state index contributed by atoms with van der Waals surface area (Å²) in [4.78, 5) is 0. The summed E-state index contributed by atoms with van der Waals surface area (Å²) in [5.74, 6) is -2.07. The topological polar surface area (TPSA) is 9.23 Å². The maximum atomic E-state index is 14.9. The number of hydrogen-bond acceptors (Lipinski definition) is 1. The first-order chi connectivity index (χ1) is 15.0. The van der Waals surface area contributed by atoms with Gasteiger partial charge in [-0.25, -0.2) is 13.2 Å². The second-order valence-corrected chi connectivity index (χ2v) is 8.82. The Morgan fingerprint density at radius 1 is 0.871 bits per heavy atom. The predicted octanol–water partition coefficient (Wildman–Crippen LogP) is 8.35. The lowest BCUT2D eigenvalue weighted by molar-refractivity contribution is -0.00272. The molecule has 0 bridgehead atoms. The van der Waals surface area contributed by atoms with Crippen LogP contribution in [0.5, 0.6) is 0 Å². The van der Waals surface area contributed by atoms with Crippen molar-refractivity contribution >= 4 is 0 Å². The Bertz CT molecular complexity index is 841. The third-order valence-corrected chi connectivity index (χ3v) is 6.46. The highest BCUT2D eigenvalue weighted by Crippen LogP contribution is 2.34. The Balaban J connectivity index is 1.65. The average Bonchev–Trinajstić information content (AvgIpc) is 2.78. The second-order valence-electron chi connectivity index (χ2n) is 8.82. The van der Waals surface area contributed by atoms with Gasteiger partial charge in [-0.3, -0.25) is 0 Å². The Morgan fingerprint density at radius 3 is 2.35 bits per heavy atom. The van der Waals surface area contributed by atoms with Gasteiger partial charge in [0, 0.05) is 11.5 Å². The number of aryl methyl sites for hydroxylation is 1. The fraction of sp³-hybridized carbons (Fsp3) is 0.556. The normalized spacial score (nSPS) is 19.0. The summed E-state index contributed by atoms with van der Waals surface area (Å²) in [6, 6.07) is 7.91. The highest BCUT2D eigenvalue weighted by molar-refractivity contribution is 5.65. The summed E-state index contributed by atoms with van der Waals surface area (Å²) in [6.45, 7) is 4.73. The van der Waals surface area contributed by atoms with Gasteiger partial charge in [-0.2, -0.15) is 0 Å². The van der Waals surface area contributed by atoms with Crippen molar-refractivity contribution in [3.63, 3.8) is 0 Å². The molecule has 2 aromatic rings. The Labute approximate surface area is 185 Å². The van der Waals surface area contributed by atoms with Crippen molar-refractivity contribution in [3.8, 4) is 11.1 Å². The number of benzene rings is 2. The maximum Gasteiger partial charge on any atom is 0.166 e. The first-order valence-electron chi connectivity index (χ1n) is 11.9. The van der Waals surface area contributed by atoms with Crippen LogP contribution >= 0.6 is 0 Å². The van der Waals surface area contributed by atoms with E-state index in [9.17, 15) is 13.2 Å². The summed E-state index contributed by atoms with van der Waals surface area (Å²) in [5.41, 5.74) is 1.46. The van der Waals surface area contributed by atoms with Crippen molar-refractivity contribution in [2.24, 2.45) is 0 Å². The molecule has 1 aliphatic rings. The third-order valence-electron chi connectivity index (χ3n) is 6.46. The minimum absolute atomic E-state index is 0.0129. The van der Waals surface area contributed by atoms with Crippen molar-refractivity contribution in [2.45, 2.75) is 90.1 Å². The van der Waals surface area contributed by atoms with Gasteiger partial charge in [0.15, 0.2) is 11.6 Å². The van der Waals surface area contributed by atoms with Crippen LogP contribution in [0.2, 0.25) is 0 Å². The molecule has 0 aromatic heterocycles. The quantitative estimate of drug-likeness (QED) is 0.343. The molecule has 0 spiro atoms. The zero-order valence-corrected chi connectivity index (χ0v) is 18.9. The molecule has 0 saturated carbocycles. The van der Waals surface area contributed by atoms with E-state index in [1.807, 2.05) is 6.92 Å². The molecule has 170 valence electrons. The summed E-state index contributed by atoms with van der Waals surface area (Å²) in [7, 11) is 0. The number of rotatable bonds is 10. The van der Waals surface area contributed by atoms with Crippen LogP contribution in [0, 0.1) is 17.5 Å². The first kappa shape index (κ1) is 23.8. The largest absolute Gasteiger partial charge is 0.378 e. The molecule has 1 fully saturated rings. The van der Waals surface area contributed by atoms with Crippen LogP contribution in [0.15, 0.2) is 30.3 Å². The van der Waals surface area contributed by atoms with Gasteiger partial charge >= 0.3 is 0 Å². The molecule has 31 heavy (non-hydrogen) atoms. The average molecular weight is 433 g/mol. The van der Waals surface area contributed by atoms with E-state index < -0.39 is 11.6 Å². The van der Waals surface area contributed by atoms with Gasteiger partial charge in [-0.1, -0.05) is 70.2 Å². The van der Waals surface area contributed by atoms with Gasteiger partial charge in [0.05, 0.1) is 12.7 Å². The van der Waals surface area contributed by atoms with Gasteiger partial charge < -0.3 is 4.74 Å². The standard InChI is InChI=1S/C27H35F3O/c1-3-5-7-8-10-22-14-11-21(18-31-22)23-15-13-20(17-25(23)28)24-16-12-19(9-6-4-2)26(29)27(24)30/h12-13,15-17,21-22H,3-11,14,18H2,1-2H3. The molecule has 4 heteroatoms. The van der Waals surface area contributed by atoms with Crippen molar-refractivity contribution in [2.75, 3.05) is 6.61 Å². The fourth-order valence-corrected chi connectivity index (χ4v) is 4.48. The van der Waals surface area contributed by atoms with Gasteiger partial charge in [0.2, 0.25) is 0 Å². The Kier molecular flexibility index (Phi) is 9.01. The minimum Gasteiger partial charge on any atom is -0.378 e. The van der Waals surface area contributed by atoms with E-state index in [0.717, 1.165) is 32.1 Å². The van der Waals surface area contributed by atoms with Crippen LogP contribution in [0.4, 0.5) is 13.2 Å². The molecule has 0 radical (unpaired) electrons. The molecule has 1 aliphatic heterocycles. The molecule has 0 aliphatic carbocycles. The molecule has 2 atom stereocenters. The lowest BCUT2D eigenvalue weighted by Gasteiger charge is -2.29. The molecule has 2 unspecified atom stereocenters. The van der Waals surface area contributed by atoms with E-state index in [2.05, 4.69) is 6.92 Å². The number of unbranched alkanes of at least 4 members (excludes halogenated alkanes) is 4. The third kappa shape index (κ3) is 6.12. The van der Waals surface area contributed by atoms with Crippen LogP contribution in [0.1, 0.15) is 88.7 Å². The van der Waals surface area contributed by atoms with Gasteiger partial charge in [-0.15, -0.1) is 0 Å². The molecule has 0 amide bonds. The van der Waals surface area contributed by atoms with Crippen molar-refractivity contribution in [1.82, 2.24) is 0 Å². The summed E-state index contributed by atoms with van der Waals surface area (Å²) in [6.07, 6.45) is 10.3. The molecule has 0 N–H and O–H groups in total. The maximum absolute atomic E-state index is 14.9. The second kappa shape index (κ2) is 11.7. The fourth-order valence-electron chi connectivity index (χ4n) is 4.48. The highest BCUT2D eigenvalue weighted by Gasteiger charge is 2.25. The molecular weight excluding hydrogens is 397 g/mol. The van der Waals surface area contributed by atoms with Crippen LogP contribution in [0.3, 0.4) is 0 Å². The lowest BCUT2D eigenvalue weighted by Crippen LogP contribution is -2.25. The monoisotopic (exact) mass is 432 g/mol. The first-order valence-corrected chi connectivity index (χ1v) is 11.9. The Hall–Kier alpha value is -1.81. The van der Waals surface area contributed by atoms with Crippen molar-refractivity contribution < 1.29 is 17.9 Å².